The Hall–Kier alpha value is -1.18. The van der Waals surface area contributed by atoms with Gasteiger partial charge in [-0.15, -0.1) is 6.58 Å². The van der Waals surface area contributed by atoms with Gasteiger partial charge in [0, 0.05) is 6.07 Å². The molecule has 2 aliphatic rings. The standard InChI is InChI=1S/C21H28F2/c1-2-3-15-4-6-16(7-5-15)17-8-10-18(11-9-17)20-13-12-19(22)14-21(20)23/h2,12-18H,1,3-11H2/t15-,16-,17?,18?. The Kier molecular flexibility index (Phi) is 5.50. The van der Waals surface area contributed by atoms with E-state index in [-0.39, 0.29) is 11.7 Å². The van der Waals surface area contributed by atoms with Gasteiger partial charge in [0.2, 0.25) is 0 Å². The average molecular weight is 318 g/mol. The van der Waals surface area contributed by atoms with Crippen molar-refractivity contribution >= 4 is 0 Å². The molecule has 2 aliphatic carbocycles. The maximum atomic E-state index is 14.0. The van der Waals surface area contributed by atoms with Gasteiger partial charge in [-0.2, -0.15) is 0 Å². The summed E-state index contributed by atoms with van der Waals surface area (Å²) in [4.78, 5) is 0. The van der Waals surface area contributed by atoms with Gasteiger partial charge in [0.15, 0.2) is 0 Å². The molecule has 0 amide bonds. The molecule has 0 saturated heterocycles. The van der Waals surface area contributed by atoms with Crippen LogP contribution in [0.2, 0.25) is 0 Å². The molecule has 0 bridgehead atoms. The van der Waals surface area contributed by atoms with Crippen LogP contribution >= 0.6 is 0 Å². The average Bonchev–Trinajstić information content (AvgIpc) is 2.56. The van der Waals surface area contributed by atoms with Gasteiger partial charge >= 0.3 is 0 Å². The molecule has 0 radical (unpaired) electrons. The molecule has 0 nitrogen and oxygen atoms in total. The van der Waals surface area contributed by atoms with Gasteiger partial charge in [0.05, 0.1) is 0 Å². The van der Waals surface area contributed by atoms with Crippen LogP contribution < -0.4 is 0 Å². The molecule has 126 valence electrons. The molecule has 23 heavy (non-hydrogen) atoms. The molecule has 0 N–H and O–H groups in total. The first kappa shape index (κ1) is 16.7. The van der Waals surface area contributed by atoms with E-state index < -0.39 is 5.82 Å². The molecule has 3 rings (SSSR count). The van der Waals surface area contributed by atoms with Crippen molar-refractivity contribution in [3.63, 3.8) is 0 Å². The van der Waals surface area contributed by atoms with Crippen molar-refractivity contribution in [3.8, 4) is 0 Å². The lowest BCUT2D eigenvalue weighted by Crippen LogP contribution is -2.25. The summed E-state index contributed by atoms with van der Waals surface area (Å²) >= 11 is 0. The second-order valence-corrected chi connectivity index (χ2v) is 7.58. The molecule has 0 heterocycles. The lowest BCUT2D eigenvalue weighted by Gasteiger charge is -2.38. The van der Waals surface area contributed by atoms with E-state index in [1.807, 2.05) is 0 Å². The quantitative estimate of drug-likeness (QED) is 0.547. The third kappa shape index (κ3) is 4.02. The van der Waals surface area contributed by atoms with Crippen molar-refractivity contribution in [2.75, 3.05) is 0 Å². The molecular formula is C21H28F2. The number of rotatable bonds is 4. The van der Waals surface area contributed by atoms with Crippen molar-refractivity contribution in [2.24, 2.45) is 17.8 Å². The molecule has 1 aromatic carbocycles. The van der Waals surface area contributed by atoms with Gasteiger partial charge in [-0.05, 0) is 93.1 Å². The fourth-order valence-corrected chi connectivity index (χ4v) is 4.87. The first-order valence-electron chi connectivity index (χ1n) is 9.23. The van der Waals surface area contributed by atoms with E-state index >= 15 is 0 Å². The van der Waals surface area contributed by atoms with Crippen LogP contribution in [0.3, 0.4) is 0 Å². The van der Waals surface area contributed by atoms with Crippen LogP contribution in [0.5, 0.6) is 0 Å². The number of hydrogen-bond acceptors (Lipinski definition) is 0. The Balaban J connectivity index is 1.52. The lowest BCUT2D eigenvalue weighted by molar-refractivity contribution is 0.160. The van der Waals surface area contributed by atoms with Crippen LogP contribution in [0.1, 0.15) is 69.3 Å². The zero-order valence-electron chi connectivity index (χ0n) is 13.9. The van der Waals surface area contributed by atoms with Crippen LogP contribution in [0.25, 0.3) is 0 Å². The lowest BCUT2D eigenvalue weighted by atomic mass is 9.68. The molecule has 0 unspecified atom stereocenters. The van der Waals surface area contributed by atoms with Crippen LogP contribution in [0.15, 0.2) is 30.9 Å². The number of hydrogen-bond donors (Lipinski definition) is 0. The first-order valence-corrected chi connectivity index (χ1v) is 9.23. The second-order valence-electron chi connectivity index (χ2n) is 7.58. The van der Waals surface area contributed by atoms with Gasteiger partial charge < -0.3 is 0 Å². The second kappa shape index (κ2) is 7.59. The normalized spacial score (nSPS) is 31.7. The van der Waals surface area contributed by atoms with E-state index in [9.17, 15) is 8.78 Å². The Labute approximate surface area is 139 Å². The summed E-state index contributed by atoms with van der Waals surface area (Å²) in [6.45, 7) is 3.86. The van der Waals surface area contributed by atoms with E-state index in [1.54, 1.807) is 6.07 Å². The van der Waals surface area contributed by atoms with E-state index in [1.165, 1.54) is 51.0 Å². The minimum absolute atomic E-state index is 0.281. The largest absolute Gasteiger partial charge is 0.207 e. The third-order valence-corrected chi connectivity index (χ3v) is 6.23. The Morgan fingerprint density at radius 1 is 0.913 bits per heavy atom. The van der Waals surface area contributed by atoms with E-state index in [0.717, 1.165) is 42.2 Å². The fourth-order valence-electron chi connectivity index (χ4n) is 4.87. The highest BCUT2D eigenvalue weighted by Gasteiger charge is 2.31. The van der Waals surface area contributed by atoms with Gasteiger partial charge in [0.25, 0.3) is 0 Å². The summed E-state index contributed by atoms with van der Waals surface area (Å²) in [6, 6.07) is 4.07. The molecule has 2 saturated carbocycles. The maximum absolute atomic E-state index is 14.0. The van der Waals surface area contributed by atoms with Gasteiger partial charge in [-0.1, -0.05) is 12.1 Å². The smallest absolute Gasteiger partial charge is 0.129 e. The first-order chi connectivity index (χ1) is 11.2. The van der Waals surface area contributed by atoms with Crippen molar-refractivity contribution < 1.29 is 8.78 Å². The molecule has 0 aromatic heterocycles. The zero-order valence-corrected chi connectivity index (χ0v) is 13.9. The summed E-state index contributed by atoms with van der Waals surface area (Å²) in [6.07, 6.45) is 13.2. The number of benzene rings is 1. The summed E-state index contributed by atoms with van der Waals surface area (Å²) < 4.78 is 27.0. The highest BCUT2D eigenvalue weighted by atomic mass is 19.1. The van der Waals surface area contributed by atoms with Gasteiger partial charge in [0.1, 0.15) is 11.6 Å². The van der Waals surface area contributed by atoms with Crippen molar-refractivity contribution in [1.29, 1.82) is 0 Å². The summed E-state index contributed by atoms with van der Waals surface area (Å²) in [5.41, 5.74) is 0.722. The number of allylic oxidation sites excluding steroid dienone is 1. The summed E-state index contributed by atoms with van der Waals surface area (Å²) in [7, 11) is 0. The Bertz CT molecular complexity index is 521. The van der Waals surface area contributed by atoms with E-state index in [2.05, 4.69) is 12.7 Å². The Morgan fingerprint density at radius 2 is 1.52 bits per heavy atom. The van der Waals surface area contributed by atoms with Crippen LogP contribution in [0, 0.1) is 29.4 Å². The predicted octanol–water partition coefficient (Wildman–Crippen LogP) is 6.62. The molecule has 2 fully saturated rings. The fraction of sp³-hybridized carbons (Fsp3) is 0.619. The Morgan fingerprint density at radius 3 is 2.09 bits per heavy atom. The molecular weight excluding hydrogens is 290 g/mol. The van der Waals surface area contributed by atoms with Crippen LogP contribution in [0.4, 0.5) is 8.78 Å². The molecule has 0 atom stereocenters. The van der Waals surface area contributed by atoms with Crippen molar-refractivity contribution in [2.45, 2.75) is 63.7 Å². The molecule has 0 aliphatic heterocycles. The topological polar surface area (TPSA) is 0 Å². The highest BCUT2D eigenvalue weighted by molar-refractivity contribution is 5.23. The predicted molar refractivity (Wildman–Crippen MR) is 91.3 cm³/mol. The minimum atomic E-state index is -0.476. The maximum Gasteiger partial charge on any atom is 0.129 e. The summed E-state index contributed by atoms with van der Waals surface area (Å²) in [5, 5.41) is 0. The van der Waals surface area contributed by atoms with Crippen molar-refractivity contribution in [3.05, 3.63) is 48.1 Å². The third-order valence-electron chi connectivity index (χ3n) is 6.23. The minimum Gasteiger partial charge on any atom is -0.207 e. The molecule has 1 aromatic rings. The van der Waals surface area contributed by atoms with E-state index in [0.29, 0.717) is 0 Å². The number of halogens is 2. The summed E-state index contributed by atoms with van der Waals surface area (Å²) in [5.74, 6) is 1.99. The molecule has 0 spiro atoms. The van der Waals surface area contributed by atoms with Gasteiger partial charge in [-0.25, -0.2) is 8.78 Å². The van der Waals surface area contributed by atoms with Crippen LogP contribution in [-0.4, -0.2) is 0 Å². The van der Waals surface area contributed by atoms with Crippen molar-refractivity contribution in [1.82, 2.24) is 0 Å². The zero-order chi connectivity index (χ0) is 16.2. The van der Waals surface area contributed by atoms with Crippen LogP contribution in [-0.2, 0) is 0 Å². The van der Waals surface area contributed by atoms with E-state index in [4.69, 9.17) is 0 Å². The SMILES string of the molecule is C=CC[C@H]1CC[C@H](C2CCC(c3ccc(F)cc3F)CC2)CC1. The monoisotopic (exact) mass is 318 g/mol. The van der Waals surface area contributed by atoms with Gasteiger partial charge in [-0.3, -0.25) is 0 Å². The molecule has 2 heteroatoms. The highest BCUT2D eigenvalue weighted by Crippen LogP contribution is 2.44.